The molecule has 3 heteroatoms. The van der Waals surface area contributed by atoms with Crippen LogP contribution in [0.25, 0.3) is 0 Å². The summed E-state index contributed by atoms with van der Waals surface area (Å²) in [7, 11) is 3.32. The highest BCUT2D eigenvalue weighted by atomic mass is 16.5. The number of benzene rings is 1. The molecule has 0 bridgehead atoms. The van der Waals surface area contributed by atoms with Gasteiger partial charge in [0.2, 0.25) is 0 Å². The van der Waals surface area contributed by atoms with E-state index >= 15 is 0 Å². The number of methoxy groups -OCH3 is 2. The van der Waals surface area contributed by atoms with E-state index in [4.69, 9.17) is 15.2 Å². The maximum absolute atomic E-state index is 5.77. The van der Waals surface area contributed by atoms with Crippen LogP contribution in [0.3, 0.4) is 0 Å². The Kier molecular flexibility index (Phi) is 3.92. The third kappa shape index (κ3) is 2.47. The second kappa shape index (κ2) is 4.98. The molecular formula is C11H17NO2. The molecule has 1 aromatic rings. The largest absolute Gasteiger partial charge is 0.496 e. The van der Waals surface area contributed by atoms with E-state index in [1.54, 1.807) is 14.2 Å². The van der Waals surface area contributed by atoms with Crippen LogP contribution in [0.2, 0.25) is 0 Å². The Morgan fingerprint density at radius 3 is 2.57 bits per heavy atom. The van der Waals surface area contributed by atoms with Crippen LogP contribution in [0.4, 0.5) is 0 Å². The molecule has 1 atom stereocenters. The summed E-state index contributed by atoms with van der Waals surface area (Å²) in [5, 5.41) is 0. The van der Waals surface area contributed by atoms with Crippen molar-refractivity contribution in [3.05, 3.63) is 29.3 Å². The summed E-state index contributed by atoms with van der Waals surface area (Å²) in [5.74, 6) is 0.835. The number of hydrogen-bond donors (Lipinski definition) is 1. The normalized spacial score (nSPS) is 12.6. The molecule has 0 aliphatic carbocycles. The van der Waals surface area contributed by atoms with E-state index in [1.165, 1.54) is 0 Å². The summed E-state index contributed by atoms with van der Waals surface area (Å²) in [5.41, 5.74) is 7.89. The van der Waals surface area contributed by atoms with E-state index in [9.17, 15) is 0 Å². The Labute approximate surface area is 84.8 Å². The quantitative estimate of drug-likeness (QED) is 0.797. The van der Waals surface area contributed by atoms with Gasteiger partial charge in [-0.15, -0.1) is 0 Å². The zero-order valence-electron chi connectivity index (χ0n) is 8.91. The molecular weight excluding hydrogens is 178 g/mol. The summed E-state index contributed by atoms with van der Waals surface area (Å²) in [6, 6.07) is 5.97. The molecule has 78 valence electrons. The zero-order valence-corrected chi connectivity index (χ0v) is 8.91. The average molecular weight is 195 g/mol. The molecule has 0 heterocycles. The fraction of sp³-hybridized carbons (Fsp3) is 0.455. The first-order valence-electron chi connectivity index (χ1n) is 4.60. The molecule has 1 aromatic carbocycles. The van der Waals surface area contributed by atoms with Gasteiger partial charge in [-0.25, -0.2) is 0 Å². The molecule has 1 rings (SSSR count). The lowest BCUT2D eigenvalue weighted by Crippen LogP contribution is -2.05. The van der Waals surface area contributed by atoms with Crippen molar-refractivity contribution in [2.75, 3.05) is 14.2 Å². The van der Waals surface area contributed by atoms with Gasteiger partial charge in [-0.1, -0.05) is 12.1 Å². The van der Waals surface area contributed by atoms with Crippen molar-refractivity contribution >= 4 is 0 Å². The highest BCUT2D eigenvalue weighted by Gasteiger charge is 2.06. The molecule has 0 fully saturated rings. The van der Waals surface area contributed by atoms with Crippen LogP contribution in [-0.2, 0) is 11.3 Å². The minimum atomic E-state index is 0.0282. The molecule has 0 radical (unpaired) electrons. The molecule has 0 aliphatic heterocycles. The molecule has 0 aromatic heterocycles. The monoisotopic (exact) mass is 195 g/mol. The number of hydrogen-bond acceptors (Lipinski definition) is 3. The predicted octanol–water partition coefficient (Wildman–Crippen LogP) is 1.86. The average Bonchev–Trinajstić information content (AvgIpc) is 2.18. The van der Waals surface area contributed by atoms with E-state index in [-0.39, 0.29) is 6.04 Å². The predicted molar refractivity (Wildman–Crippen MR) is 56.3 cm³/mol. The summed E-state index contributed by atoms with van der Waals surface area (Å²) in [6.45, 7) is 2.51. The van der Waals surface area contributed by atoms with E-state index in [2.05, 4.69) is 0 Å². The van der Waals surface area contributed by atoms with Crippen LogP contribution >= 0.6 is 0 Å². The van der Waals surface area contributed by atoms with Crippen molar-refractivity contribution in [2.45, 2.75) is 19.6 Å². The fourth-order valence-electron chi connectivity index (χ4n) is 1.32. The second-order valence-electron chi connectivity index (χ2n) is 3.29. The summed E-state index contributed by atoms with van der Waals surface area (Å²) >= 11 is 0. The first-order chi connectivity index (χ1) is 6.69. The van der Waals surface area contributed by atoms with Gasteiger partial charge in [-0.2, -0.15) is 0 Å². The molecule has 0 spiro atoms. The van der Waals surface area contributed by atoms with Gasteiger partial charge in [0.25, 0.3) is 0 Å². The summed E-state index contributed by atoms with van der Waals surface area (Å²) in [4.78, 5) is 0. The first-order valence-corrected chi connectivity index (χ1v) is 4.60. The molecule has 0 amide bonds. The van der Waals surface area contributed by atoms with Crippen molar-refractivity contribution in [2.24, 2.45) is 5.73 Å². The molecule has 0 saturated heterocycles. The van der Waals surface area contributed by atoms with Gasteiger partial charge in [-0.3, -0.25) is 0 Å². The van der Waals surface area contributed by atoms with Crippen LogP contribution < -0.4 is 10.5 Å². The minimum Gasteiger partial charge on any atom is -0.496 e. The van der Waals surface area contributed by atoms with E-state index in [1.807, 2.05) is 25.1 Å². The number of nitrogens with two attached hydrogens (primary N) is 1. The second-order valence-corrected chi connectivity index (χ2v) is 3.29. The Morgan fingerprint density at radius 1 is 1.36 bits per heavy atom. The third-order valence-electron chi connectivity index (χ3n) is 2.14. The molecule has 1 unspecified atom stereocenters. The van der Waals surface area contributed by atoms with Crippen molar-refractivity contribution in [3.8, 4) is 5.75 Å². The van der Waals surface area contributed by atoms with Gasteiger partial charge in [0.1, 0.15) is 5.75 Å². The van der Waals surface area contributed by atoms with E-state index in [0.29, 0.717) is 6.61 Å². The van der Waals surface area contributed by atoms with Gasteiger partial charge >= 0.3 is 0 Å². The van der Waals surface area contributed by atoms with Crippen LogP contribution in [0, 0.1) is 0 Å². The molecule has 14 heavy (non-hydrogen) atoms. The summed E-state index contributed by atoms with van der Waals surface area (Å²) < 4.78 is 10.3. The first kappa shape index (κ1) is 11.0. The zero-order chi connectivity index (χ0) is 10.6. The molecule has 0 saturated carbocycles. The van der Waals surface area contributed by atoms with Crippen LogP contribution in [0.1, 0.15) is 24.1 Å². The fourth-order valence-corrected chi connectivity index (χ4v) is 1.32. The lowest BCUT2D eigenvalue weighted by Gasteiger charge is -2.11. The lowest BCUT2D eigenvalue weighted by atomic mass is 10.1. The van der Waals surface area contributed by atoms with Gasteiger partial charge in [0.15, 0.2) is 0 Å². The van der Waals surface area contributed by atoms with Crippen LogP contribution in [0.15, 0.2) is 18.2 Å². The Bertz CT molecular complexity index is 297. The molecule has 2 N–H and O–H groups in total. The molecule has 0 aliphatic rings. The summed E-state index contributed by atoms with van der Waals surface area (Å²) in [6.07, 6.45) is 0. The van der Waals surface area contributed by atoms with Crippen LogP contribution in [0.5, 0.6) is 5.75 Å². The Hall–Kier alpha value is -1.06. The topological polar surface area (TPSA) is 44.5 Å². The van der Waals surface area contributed by atoms with Gasteiger partial charge in [-0.05, 0) is 18.6 Å². The van der Waals surface area contributed by atoms with Crippen LogP contribution in [-0.4, -0.2) is 14.2 Å². The van der Waals surface area contributed by atoms with E-state index < -0.39 is 0 Å². The number of ether oxygens (including phenoxy) is 2. The Morgan fingerprint density at radius 2 is 2.07 bits per heavy atom. The van der Waals surface area contributed by atoms with Crippen molar-refractivity contribution < 1.29 is 9.47 Å². The van der Waals surface area contributed by atoms with E-state index in [0.717, 1.165) is 16.9 Å². The van der Waals surface area contributed by atoms with Crippen molar-refractivity contribution in [3.63, 3.8) is 0 Å². The highest BCUT2D eigenvalue weighted by Crippen LogP contribution is 2.23. The van der Waals surface area contributed by atoms with Gasteiger partial charge in [0, 0.05) is 18.7 Å². The highest BCUT2D eigenvalue weighted by molar-refractivity contribution is 5.38. The maximum Gasteiger partial charge on any atom is 0.124 e. The van der Waals surface area contributed by atoms with Gasteiger partial charge in [0.05, 0.1) is 13.7 Å². The minimum absolute atomic E-state index is 0.0282. The standard InChI is InChI=1S/C11H17NO2/c1-8(12)9-4-5-10(7-13-2)11(6-9)14-3/h4-6,8H,7,12H2,1-3H3. The smallest absolute Gasteiger partial charge is 0.124 e. The lowest BCUT2D eigenvalue weighted by molar-refractivity contribution is 0.181. The maximum atomic E-state index is 5.77. The third-order valence-corrected chi connectivity index (χ3v) is 2.14. The SMILES string of the molecule is COCc1ccc(C(C)N)cc1OC. The Balaban J connectivity index is 2.98. The number of rotatable bonds is 4. The molecule has 3 nitrogen and oxygen atoms in total. The van der Waals surface area contributed by atoms with Crippen molar-refractivity contribution in [1.29, 1.82) is 0 Å². The van der Waals surface area contributed by atoms with Crippen molar-refractivity contribution in [1.82, 2.24) is 0 Å². The van der Waals surface area contributed by atoms with Gasteiger partial charge < -0.3 is 15.2 Å².